The van der Waals surface area contributed by atoms with Crippen molar-refractivity contribution in [2.45, 2.75) is 12.5 Å². The zero-order valence-corrected chi connectivity index (χ0v) is 7.57. The molecule has 0 spiro atoms. The number of nitrogens with one attached hydrogen (secondary N) is 1. The molecule has 0 radical (unpaired) electrons. The van der Waals surface area contributed by atoms with Crippen molar-refractivity contribution < 1.29 is 15.0 Å². The summed E-state index contributed by atoms with van der Waals surface area (Å²) in [4.78, 5) is 12.9. The van der Waals surface area contributed by atoms with Gasteiger partial charge in [-0.2, -0.15) is 0 Å². The van der Waals surface area contributed by atoms with Gasteiger partial charge in [-0.1, -0.05) is 0 Å². The molecule has 0 aliphatic carbocycles. The standard InChI is InChI=1S/C8H16N2O3/c11-6-7(12)5-10-3-1-2-9-4-8(10)13/h7,9,11-12H,1-6H2. The fraction of sp³-hybridized carbons (Fsp3) is 0.875. The summed E-state index contributed by atoms with van der Waals surface area (Å²) >= 11 is 0. The topological polar surface area (TPSA) is 72.8 Å². The lowest BCUT2D eigenvalue weighted by atomic mass is 10.3. The van der Waals surface area contributed by atoms with Crippen molar-refractivity contribution in [3.8, 4) is 0 Å². The van der Waals surface area contributed by atoms with Gasteiger partial charge >= 0.3 is 0 Å². The average Bonchev–Trinajstić information content (AvgIpc) is 2.32. The highest BCUT2D eigenvalue weighted by Gasteiger charge is 2.18. The van der Waals surface area contributed by atoms with E-state index in [1.165, 1.54) is 0 Å². The lowest BCUT2D eigenvalue weighted by molar-refractivity contribution is -0.131. The summed E-state index contributed by atoms with van der Waals surface area (Å²) in [5.74, 6) is -0.00926. The normalized spacial score (nSPS) is 21.4. The minimum absolute atomic E-state index is 0.00926. The Balaban J connectivity index is 2.40. The van der Waals surface area contributed by atoms with E-state index in [1.807, 2.05) is 0 Å². The van der Waals surface area contributed by atoms with Crippen LogP contribution in [0.3, 0.4) is 0 Å². The van der Waals surface area contributed by atoms with Gasteiger partial charge in [0, 0.05) is 13.1 Å². The minimum Gasteiger partial charge on any atom is -0.394 e. The van der Waals surface area contributed by atoms with Crippen LogP contribution in [0.25, 0.3) is 0 Å². The molecule has 1 saturated heterocycles. The van der Waals surface area contributed by atoms with Gasteiger partial charge in [-0.3, -0.25) is 4.79 Å². The van der Waals surface area contributed by atoms with Crippen molar-refractivity contribution in [1.82, 2.24) is 10.2 Å². The summed E-state index contributed by atoms with van der Waals surface area (Å²) in [5, 5.41) is 20.8. The van der Waals surface area contributed by atoms with E-state index < -0.39 is 6.10 Å². The second-order valence-electron chi connectivity index (χ2n) is 3.21. The van der Waals surface area contributed by atoms with E-state index >= 15 is 0 Å². The number of aliphatic hydroxyl groups excluding tert-OH is 2. The Morgan fingerprint density at radius 1 is 1.62 bits per heavy atom. The van der Waals surface area contributed by atoms with Crippen molar-refractivity contribution in [3.63, 3.8) is 0 Å². The molecule has 1 heterocycles. The first kappa shape index (κ1) is 10.4. The van der Waals surface area contributed by atoms with Crippen molar-refractivity contribution in [2.24, 2.45) is 0 Å². The van der Waals surface area contributed by atoms with Crippen LogP contribution in [0.4, 0.5) is 0 Å². The van der Waals surface area contributed by atoms with E-state index in [0.717, 1.165) is 13.0 Å². The van der Waals surface area contributed by atoms with Gasteiger partial charge < -0.3 is 20.4 Å². The third kappa shape index (κ3) is 3.30. The zero-order chi connectivity index (χ0) is 9.68. The largest absolute Gasteiger partial charge is 0.394 e. The molecule has 3 N–H and O–H groups in total. The highest BCUT2D eigenvalue weighted by molar-refractivity contribution is 5.78. The molecule has 1 aliphatic rings. The average molecular weight is 188 g/mol. The predicted octanol–water partition coefficient (Wildman–Crippen LogP) is -1.84. The van der Waals surface area contributed by atoms with Crippen LogP contribution >= 0.6 is 0 Å². The Hall–Kier alpha value is -0.650. The quantitative estimate of drug-likeness (QED) is 0.487. The van der Waals surface area contributed by atoms with Gasteiger partial charge in [-0.25, -0.2) is 0 Å². The van der Waals surface area contributed by atoms with E-state index in [9.17, 15) is 4.79 Å². The van der Waals surface area contributed by atoms with Crippen LogP contribution < -0.4 is 5.32 Å². The Bertz CT molecular complexity index is 175. The fourth-order valence-corrected chi connectivity index (χ4v) is 1.33. The number of rotatable bonds is 3. The van der Waals surface area contributed by atoms with E-state index in [4.69, 9.17) is 10.2 Å². The van der Waals surface area contributed by atoms with E-state index in [-0.39, 0.29) is 19.1 Å². The summed E-state index contributed by atoms with van der Waals surface area (Å²) in [6.45, 7) is 1.76. The Labute approximate surface area is 77.3 Å². The number of β-amino-alcohol motifs (C(OH)–C–C–N with tert-alkyl or cyclic N) is 1. The number of aliphatic hydroxyl groups is 2. The lowest BCUT2D eigenvalue weighted by Gasteiger charge is -2.22. The maximum atomic E-state index is 11.3. The summed E-state index contributed by atoms with van der Waals surface area (Å²) in [5.41, 5.74) is 0. The van der Waals surface area contributed by atoms with Crippen LogP contribution in [0, 0.1) is 0 Å². The number of hydrogen-bond donors (Lipinski definition) is 3. The monoisotopic (exact) mass is 188 g/mol. The molecule has 76 valence electrons. The van der Waals surface area contributed by atoms with Crippen LogP contribution in [0.5, 0.6) is 0 Å². The third-order valence-electron chi connectivity index (χ3n) is 2.05. The molecule has 5 nitrogen and oxygen atoms in total. The van der Waals surface area contributed by atoms with Crippen LogP contribution in [-0.4, -0.2) is 59.9 Å². The molecular formula is C8H16N2O3. The smallest absolute Gasteiger partial charge is 0.236 e. The first-order chi connectivity index (χ1) is 6.24. The second kappa shape index (κ2) is 5.16. The number of nitrogens with zero attached hydrogens (tertiary/aromatic N) is 1. The predicted molar refractivity (Wildman–Crippen MR) is 47.2 cm³/mol. The van der Waals surface area contributed by atoms with Crippen LogP contribution in [0.15, 0.2) is 0 Å². The molecule has 13 heavy (non-hydrogen) atoms. The van der Waals surface area contributed by atoms with Crippen LogP contribution in [0.1, 0.15) is 6.42 Å². The fourth-order valence-electron chi connectivity index (χ4n) is 1.33. The highest BCUT2D eigenvalue weighted by Crippen LogP contribution is 1.98. The number of hydrogen-bond acceptors (Lipinski definition) is 4. The molecule has 0 aromatic carbocycles. The SMILES string of the molecule is O=C1CNCCCN1CC(O)CO. The maximum Gasteiger partial charge on any atom is 0.236 e. The van der Waals surface area contributed by atoms with Crippen molar-refractivity contribution >= 4 is 5.91 Å². The minimum atomic E-state index is -0.818. The number of carbonyl (C=O) groups excluding carboxylic acids is 1. The van der Waals surface area contributed by atoms with Gasteiger partial charge in [0.2, 0.25) is 5.91 Å². The third-order valence-corrected chi connectivity index (χ3v) is 2.05. The molecule has 0 saturated carbocycles. The molecule has 0 bridgehead atoms. The second-order valence-corrected chi connectivity index (χ2v) is 3.21. The van der Waals surface area contributed by atoms with Crippen LogP contribution in [0.2, 0.25) is 0 Å². The van der Waals surface area contributed by atoms with Crippen molar-refractivity contribution in [2.75, 3.05) is 32.8 Å². The molecule has 1 amide bonds. The summed E-state index contributed by atoms with van der Waals surface area (Å²) in [6, 6.07) is 0. The molecule has 1 atom stereocenters. The Morgan fingerprint density at radius 2 is 2.38 bits per heavy atom. The van der Waals surface area contributed by atoms with Gasteiger partial charge in [0.05, 0.1) is 19.3 Å². The van der Waals surface area contributed by atoms with E-state index in [2.05, 4.69) is 5.32 Å². The number of amides is 1. The first-order valence-corrected chi connectivity index (χ1v) is 4.51. The van der Waals surface area contributed by atoms with Crippen LogP contribution in [-0.2, 0) is 4.79 Å². The maximum absolute atomic E-state index is 11.3. The molecule has 1 unspecified atom stereocenters. The first-order valence-electron chi connectivity index (χ1n) is 4.51. The summed E-state index contributed by atoms with van der Waals surface area (Å²) in [6.07, 6.45) is 0.0752. The van der Waals surface area contributed by atoms with Gasteiger partial charge in [-0.15, -0.1) is 0 Å². The van der Waals surface area contributed by atoms with E-state index in [0.29, 0.717) is 13.1 Å². The Kier molecular flexibility index (Phi) is 4.14. The molecule has 1 fully saturated rings. The molecular weight excluding hydrogens is 172 g/mol. The number of carbonyl (C=O) groups is 1. The van der Waals surface area contributed by atoms with Gasteiger partial charge in [0.1, 0.15) is 0 Å². The van der Waals surface area contributed by atoms with E-state index in [1.54, 1.807) is 4.90 Å². The molecule has 1 rings (SSSR count). The lowest BCUT2D eigenvalue weighted by Crippen LogP contribution is -2.40. The Morgan fingerprint density at radius 3 is 3.08 bits per heavy atom. The zero-order valence-electron chi connectivity index (χ0n) is 7.57. The van der Waals surface area contributed by atoms with Gasteiger partial charge in [-0.05, 0) is 13.0 Å². The molecule has 0 aromatic rings. The van der Waals surface area contributed by atoms with Crippen molar-refractivity contribution in [1.29, 1.82) is 0 Å². The molecule has 1 aliphatic heterocycles. The molecule has 5 heteroatoms. The van der Waals surface area contributed by atoms with Gasteiger partial charge in [0.25, 0.3) is 0 Å². The van der Waals surface area contributed by atoms with Crippen molar-refractivity contribution in [3.05, 3.63) is 0 Å². The summed E-state index contributed by atoms with van der Waals surface area (Å²) in [7, 11) is 0. The van der Waals surface area contributed by atoms with Gasteiger partial charge in [0.15, 0.2) is 0 Å². The highest BCUT2D eigenvalue weighted by atomic mass is 16.3. The summed E-state index contributed by atoms with van der Waals surface area (Å²) < 4.78 is 0. The molecule has 0 aromatic heterocycles.